The van der Waals surface area contributed by atoms with Crippen molar-refractivity contribution in [2.75, 3.05) is 0 Å². The summed E-state index contributed by atoms with van der Waals surface area (Å²) in [5.74, 6) is 0.790. The zero-order chi connectivity index (χ0) is 11.8. The predicted molar refractivity (Wildman–Crippen MR) is 67.7 cm³/mol. The first-order valence-corrected chi connectivity index (χ1v) is 5.59. The van der Waals surface area contributed by atoms with E-state index in [2.05, 4.69) is 27.1 Å². The monoisotopic (exact) mass is 226 g/mol. The van der Waals surface area contributed by atoms with Crippen LogP contribution in [0, 0.1) is 6.92 Å². The number of benzene rings is 1. The maximum atomic E-state index is 6.26. The minimum atomic E-state index is -0.221. The molecule has 0 aliphatic heterocycles. The van der Waals surface area contributed by atoms with E-state index < -0.39 is 0 Å². The fraction of sp³-hybridized carbons (Fsp3) is 0.154. The molecule has 0 bridgehead atoms. The minimum Gasteiger partial charge on any atom is -0.358 e. The predicted octanol–water partition coefficient (Wildman–Crippen LogP) is 2.25. The lowest BCUT2D eigenvalue weighted by Crippen LogP contribution is -2.14. The smallest absolute Gasteiger partial charge is 0.127 e. The van der Waals surface area contributed by atoms with Crippen molar-refractivity contribution in [3.8, 4) is 0 Å². The van der Waals surface area contributed by atoms with E-state index in [4.69, 9.17) is 5.73 Å². The van der Waals surface area contributed by atoms with Crippen LogP contribution in [0.2, 0.25) is 0 Å². The molecule has 4 N–H and O–H groups in total. The first-order chi connectivity index (χ1) is 8.27. The number of nitrogens with zero attached hydrogens (tertiary/aromatic N) is 1. The topological polar surface area (TPSA) is 70.5 Å². The average Bonchev–Trinajstić information content (AvgIpc) is 2.94. The highest BCUT2D eigenvalue weighted by atomic mass is 14.9. The standard InChI is InChI=1S/C13H14N4/c1-8-11(12(14)13-15-6-7-16-13)9-4-2-3-5-10(9)17-8/h2-7,12,17H,14H2,1H3,(H,15,16). The van der Waals surface area contributed by atoms with Crippen molar-refractivity contribution >= 4 is 10.9 Å². The normalized spacial score (nSPS) is 13.1. The molecule has 17 heavy (non-hydrogen) atoms. The highest BCUT2D eigenvalue weighted by Crippen LogP contribution is 2.28. The molecule has 3 rings (SSSR count). The Morgan fingerprint density at radius 2 is 2.12 bits per heavy atom. The number of aromatic nitrogens is 3. The SMILES string of the molecule is Cc1[nH]c2ccccc2c1C(N)c1ncc[nH]1. The number of nitrogens with one attached hydrogen (secondary N) is 2. The number of aromatic amines is 2. The number of hydrogen-bond acceptors (Lipinski definition) is 2. The van der Waals surface area contributed by atoms with Gasteiger partial charge in [-0.05, 0) is 13.0 Å². The number of nitrogens with two attached hydrogens (primary N) is 1. The molecule has 2 aromatic heterocycles. The molecule has 3 aromatic rings. The van der Waals surface area contributed by atoms with E-state index in [1.165, 1.54) is 0 Å². The summed E-state index contributed by atoms with van der Waals surface area (Å²) in [6.45, 7) is 2.04. The maximum absolute atomic E-state index is 6.26. The van der Waals surface area contributed by atoms with Crippen molar-refractivity contribution in [1.82, 2.24) is 15.0 Å². The number of H-pyrrole nitrogens is 2. The summed E-state index contributed by atoms with van der Waals surface area (Å²) in [4.78, 5) is 10.6. The van der Waals surface area contributed by atoms with E-state index in [1.807, 2.05) is 19.1 Å². The Morgan fingerprint density at radius 3 is 2.88 bits per heavy atom. The molecule has 0 aliphatic carbocycles. The zero-order valence-corrected chi connectivity index (χ0v) is 9.57. The molecule has 4 nitrogen and oxygen atoms in total. The van der Waals surface area contributed by atoms with Gasteiger partial charge in [-0.3, -0.25) is 0 Å². The zero-order valence-electron chi connectivity index (χ0n) is 9.57. The Bertz CT molecular complexity index is 637. The molecule has 1 atom stereocenters. The Labute approximate surface area is 98.9 Å². The Morgan fingerprint density at radius 1 is 1.29 bits per heavy atom. The summed E-state index contributed by atoms with van der Waals surface area (Å²) in [5, 5.41) is 1.16. The minimum absolute atomic E-state index is 0.221. The quantitative estimate of drug-likeness (QED) is 0.627. The summed E-state index contributed by atoms with van der Waals surface area (Å²) in [6, 6.07) is 7.95. The lowest BCUT2D eigenvalue weighted by molar-refractivity contribution is 0.800. The molecule has 1 unspecified atom stereocenters. The Kier molecular flexibility index (Phi) is 2.23. The van der Waals surface area contributed by atoms with E-state index >= 15 is 0 Å². The van der Waals surface area contributed by atoms with E-state index in [1.54, 1.807) is 12.4 Å². The summed E-state index contributed by atoms with van der Waals surface area (Å²) in [5.41, 5.74) is 9.57. The van der Waals surface area contributed by atoms with Gasteiger partial charge in [-0.15, -0.1) is 0 Å². The number of hydrogen-bond donors (Lipinski definition) is 3. The van der Waals surface area contributed by atoms with Crippen LogP contribution in [0.4, 0.5) is 0 Å². The first-order valence-electron chi connectivity index (χ1n) is 5.59. The molecule has 2 heterocycles. The van der Waals surface area contributed by atoms with Gasteiger partial charge in [0.05, 0.1) is 6.04 Å². The number of fused-ring (bicyclic) bond motifs is 1. The summed E-state index contributed by atoms with van der Waals surface area (Å²) < 4.78 is 0. The molecule has 0 amide bonds. The van der Waals surface area contributed by atoms with Gasteiger partial charge in [0.2, 0.25) is 0 Å². The van der Waals surface area contributed by atoms with Gasteiger partial charge in [0.15, 0.2) is 0 Å². The molecule has 0 aliphatic rings. The lowest BCUT2D eigenvalue weighted by atomic mass is 10.0. The first kappa shape index (κ1) is 10.1. The highest BCUT2D eigenvalue weighted by Gasteiger charge is 2.18. The molecule has 0 radical (unpaired) electrons. The van der Waals surface area contributed by atoms with Gasteiger partial charge in [-0.1, -0.05) is 18.2 Å². The molecule has 86 valence electrons. The third-order valence-electron chi connectivity index (χ3n) is 3.07. The van der Waals surface area contributed by atoms with Gasteiger partial charge in [0.1, 0.15) is 5.82 Å². The summed E-state index contributed by atoms with van der Waals surface area (Å²) >= 11 is 0. The van der Waals surface area contributed by atoms with Crippen molar-refractivity contribution in [2.45, 2.75) is 13.0 Å². The number of para-hydroxylation sites is 1. The fourth-order valence-electron chi connectivity index (χ4n) is 2.28. The third kappa shape index (κ3) is 1.54. The Balaban J connectivity index is 2.20. The molecular weight excluding hydrogens is 212 g/mol. The maximum Gasteiger partial charge on any atom is 0.127 e. The highest BCUT2D eigenvalue weighted by molar-refractivity contribution is 5.85. The van der Waals surface area contributed by atoms with E-state index in [9.17, 15) is 0 Å². The van der Waals surface area contributed by atoms with Gasteiger partial charge in [-0.2, -0.15) is 0 Å². The van der Waals surface area contributed by atoms with Crippen molar-refractivity contribution < 1.29 is 0 Å². The van der Waals surface area contributed by atoms with E-state index in [-0.39, 0.29) is 6.04 Å². The van der Waals surface area contributed by atoms with Crippen molar-refractivity contribution in [3.63, 3.8) is 0 Å². The van der Waals surface area contributed by atoms with Crippen LogP contribution in [-0.2, 0) is 0 Å². The van der Waals surface area contributed by atoms with Crippen molar-refractivity contribution in [3.05, 3.63) is 53.7 Å². The molecule has 4 heteroatoms. The molecule has 1 aromatic carbocycles. The molecule has 0 saturated carbocycles. The van der Waals surface area contributed by atoms with Gasteiger partial charge < -0.3 is 15.7 Å². The van der Waals surface area contributed by atoms with Crippen LogP contribution in [0.1, 0.15) is 23.1 Å². The van der Waals surface area contributed by atoms with E-state index in [0.717, 1.165) is 28.0 Å². The van der Waals surface area contributed by atoms with Gasteiger partial charge in [0.25, 0.3) is 0 Å². The average molecular weight is 226 g/mol. The van der Waals surface area contributed by atoms with Crippen LogP contribution in [0.3, 0.4) is 0 Å². The molecule has 0 saturated heterocycles. The van der Waals surface area contributed by atoms with Crippen molar-refractivity contribution in [2.24, 2.45) is 5.73 Å². The van der Waals surface area contributed by atoms with Crippen LogP contribution < -0.4 is 5.73 Å². The van der Waals surface area contributed by atoms with Crippen LogP contribution >= 0.6 is 0 Å². The fourth-order valence-corrected chi connectivity index (χ4v) is 2.28. The second-order valence-corrected chi connectivity index (χ2v) is 4.16. The third-order valence-corrected chi connectivity index (χ3v) is 3.07. The van der Waals surface area contributed by atoms with Crippen LogP contribution in [0.25, 0.3) is 10.9 Å². The summed E-state index contributed by atoms with van der Waals surface area (Å²) in [7, 11) is 0. The van der Waals surface area contributed by atoms with Crippen LogP contribution in [-0.4, -0.2) is 15.0 Å². The van der Waals surface area contributed by atoms with Crippen LogP contribution in [0.5, 0.6) is 0 Å². The molecule has 0 spiro atoms. The largest absolute Gasteiger partial charge is 0.358 e. The lowest BCUT2D eigenvalue weighted by Gasteiger charge is -2.09. The molecule has 0 fully saturated rings. The second-order valence-electron chi connectivity index (χ2n) is 4.16. The van der Waals surface area contributed by atoms with Crippen LogP contribution in [0.15, 0.2) is 36.7 Å². The second kappa shape index (κ2) is 3.75. The van der Waals surface area contributed by atoms with Gasteiger partial charge in [0, 0.05) is 34.6 Å². The van der Waals surface area contributed by atoms with Gasteiger partial charge >= 0.3 is 0 Å². The van der Waals surface area contributed by atoms with E-state index in [0.29, 0.717) is 0 Å². The van der Waals surface area contributed by atoms with Gasteiger partial charge in [-0.25, -0.2) is 4.98 Å². The van der Waals surface area contributed by atoms with Crippen molar-refractivity contribution in [1.29, 1.82) is 0 Å². The molecular formula is C13H14N4. The number of aryl methyl sites for hydroxylation is 1. The summed E-state index contributed by atoms with van der Waals surface area (Å²) in [6.07, 6.45) is 3.51. The number of rotatable bonds is 2. The number of imidazole rings is 1. The Hall–Kier alpha value is -2.07.